The molecule has 0 radical (unpaired) electrons. The first-order valence-electron chi connectivity index (χ1n) is 8.59. The van der Waals surface area contributed by atoms with Crippen molar-refractivity contribution in [2.45, 2.75) is 19.9 Å². The number of rotatable bonds is 7. The number of hydrogen-bond acceptors (Lipinski definition) is 3. The fourth-order valence-corrected chi connectivity index (χ4v) is 2.44. The van der Waals surface area contributed by atoms with Gasteiger partial charge in [-0.15, -0.1) is 0 Å². The van der Waals surface area contributed by atoms with Crippen LogP contribution in [0.2, 0.25) is 0 Å². The van der Waals surface area contributed by atoms with Gasteiger partial charge in [-0.3, -0.25) is 0 Å². The number of aromatic nitrogens is 2. The van der Waals surface area contributed by atoms with Crippen LogP contribution in [-0.2, 0) is 13.0 Å². The predicted octanol–water partition coefficient (Wildman–Crippen LogP) is 2.90. The van der Waals surface area contributed by atoms with Crippen LogP contribution >= 0.6 is 0 Å². The molecule has 3 rings (SSSR count). The largest absolute Gasteiger partial charge is 0.469 e. The van der Waals surface area contributed by atoms with E-state index in [2.05, 4.69) is 20.7 Å². The van der Waals surface area contributed by atoms with Crippen molar-refractivity contribution >= 4 is 5.96 Å². The van der Waals surface area contributed by atoms with Crippen molar-refractivity contribution < 1.29 is 8.81 Å². The summed E-state index contributed by atoms with van der Waals surface area (Å²) < 4.78 is 20.0. The minimum Gasteiger partial charge on any atom is -0.469 e. The molecule has 2 aromatic heterocycles. The Bertz CT molecular complexity index is 824. The number of furan rings is 1. The summed E-state index contributed by atoms with van der Waals surface area (Å²) in [5.74, 6) is 1.41. The average Bonchev–Trinajstić information content (AvgIpc) is 3.32. The fourth-order valence-electron chi connectivity index (χ4n) is 2.44. The van der Waals surface area contributed by atoms with E-state index < -0.39 is 0 Å². The first-order chi connectivity index (χ1) is 12.7. The third kappa shape index (κ3) is 4.95. The van der Waals surface area contributed by atoms with Crippen LogP contribution in [0.3, 0.4) is 0 Å². The first-order valence-corrected chi connectivity index (χ1v) is 8.59. The van der Waals surface area contributed by atoms with Gasteiger partial charge in [0.15, 0.2) is 5.96 Å². The standard InChI is InChI=1S/C19H22FN5O/c1-2-21-19(22-11-9-18-4-3-13-26-18)23-14-16-10-12-25(24-16)17-7-5-15(20)6-8-17/h3-8,10,12-13H,2,9,11,14H2,1H3,(H2,21,22,23). The lowest BCUT2D eigenvalue weighted by molar-refractivity contribution is 0.507. The van der Waals surface area contributed by atoms with Crippen molar-refractivity contribution in [3.8, 4) is 5.69 Å². The second kappa shape index (κ2) is 8.84. The molecular weight excluding hydrogens is 333 g/mol. The van der Waals surface area contributed by atoms with E-state index in [4.69, 9.17) is 4.42 Å². The van der Waals surface area contributed by atoms with Crippen molar-refractivity contribution in [3.05, 3.63) is 72.2 Å². The van der Waals surface area contributed by atoms with Gasteiger partial charge in [0.1, 0.15) is 11.6 Å². The summed E-state index contributed by atoms with van der Waals surface area (Å²) in [6.45, 7) is 3.97. The van der Waals surface area contributed by atoms with Gasteiger partial charge in [0, 0.05) is 25.7 Å². The van der Waals surface area contributed by atoms with E-state index in [1.165, 1.54) is 12.1 Å². The summed E-state index contributed by atoms with van der Waals surface area (Å²) in [5, 5.41) is 11.0. The Morgan fingerprint density at radius 3 is 2.77 bits per heavy atom. The molecule has 0 aliphatic carbocycles. The molecule has 0 amide bonds. The number of nitrogens with one attached hydrogen (secondary N) is 2. The summed E-state index contributed by atoms with van der Waals surface area (Å²) >= 11 is 0. The summed E-state index contributed by atoms with van der Waals surface area (Å²) in [5.41, 5.74) is 1.64. The Labute approximate surface area is 151 Å². The molecule has 2 heterocycles. The van der Waals surface area contributed by atoms with Crippen LogP contribution in [-0.4, -0.2) is 28.8 Å². The smallest absolute Gasteiger partial charge is 0.191 e. The maximum absolute atomic E-state index is 13.0. The molecule has 0 unspecified atom stereocenters. The number of benzene rings is 1. The van der Waals surface area contributed by atoms with Crippen molar-refractivity contribution in [1.29, 1.82) is 0 Å². The van der Waals surface area contributed by atoms with Crippen LogP contribution in [0.15, 0.2) is 64.3 Å². The Balaban J connectivity index is 1.57. The normalized spacial score (nSPS) is 11.5. The van der Waals surface area contributed by atoms with Gasteiger partial charge in [-0.05, 0) is 49.4 Å². The SMILES string of the molecule is CCNC(=NCc1ccn(-c2ccc(F)cc2)n1)NCCc1ccco1. The lowest BCUT2D eigenvalue weighted by Crippen LogP contribution is -2.38. The lowest BCUT2D eigenvalue weighted by Gasteiger charge is -2.10. The number of guanidine groups is 1. The lowest BCUT2D eigenvalue weighted by atomic mass is 10.3. The van der Waals surface area contributed by atoms with Crippen molar-refractivity contribution in [2.24, 2.45) is 4.99 Å². The molecule has 3 aromatic rings. The van der Waals surface area contributed by atoms with Crippen molar-refractivity contribution in [3.63, 3.8) is 0 Å². The molecule has 0 fully saturated rings. The monoisotopic (exact) mass is 355 g/mol. The van der Waals surface area contributed by atoms with E-state index in [-0.39, 0.29) is 5.82 Å². The van der Waals surface area contributed by atoms with E-state index >= 15 is 0 Å². The maximum Gasteiger partial charge on any atom is 0.191 e. The molecule has 1 aromatic carbocycles. The van der Waals surface area contributed by atoms with Gasteiger partial charge in [0.05, 0.1) is 24.2 Å². The van der Waals surface area contributed by atoms with Crippen LogP contribution < -0.4 is 10.6 Å². The minimum absolute atomic E-state index is 0.262. The number of nitrogens with zero attached hydrogens (tertiary/aromatic N) is 3. The molecule has 0 saturated carbocycles. The van der Waals surface area contributed by atoms with Crippen LogP contribution in [0.1, 0.15) is 18.4 Å². The highest BCUT2D eigenvalue weighted by atomic mass is 19.1. The van der Waals surface area contributed by atoms with Gasteiger partial charge >= 0.3 is 0 Å². The Morgan fingerprint density at radius 1 is 1.19 bits per heavy atom. The first kappa shape index (κ1) is 17.7. The van der Waals surface area contributed by atoms with Crippen LogP contribution in [0.5, 0.6) is 0 Å². The zero-order chi connectivity index (χ0) is 18.2. The number of aliphatic imine (C=N–C) groups is 1. The van der Waals surface area contributed by atoms with Gasteiger partial charge in [-0.1, -0.05) is 0 Å². The topological polar surface area (TPSA) is 67.4 Å². The third-order valence-electron chi connectivity index (χ3n) is 3.72. The molecule has 7 heteroatoms. The highest BCUT2D eigenvalue weighted by molar-refractivity contribution is 5.79. The second-order valence-corrected chi connectivity index (χ2v) is 5.68. The fraction of sp³-hybridized carbons (Fsp3) is 0.263. The molecular formula is C19H22FN5O. The zero-order valence-corrected chi connectivity index (χ0v) is 14.7. The van der Waals surface area contributed by atoms with Gasteiger partial charge in [0.2, 0.25) is 0 Å². The quantitative estimate of drug-likeness (QED) is 0.505. The maximum atomic E-state index is 13.0. The Hall–Kier alpha value is -3.09. The van der Waals surface area contributed by atoms with Crippen LogP contribution in [0.25, 0.3) is 5.69 Å². The molecule has 0 aliphatic heterocycles. The number of hydrogen-bond donors (Lipinski definition) is 2. The summed E-state index contributed by atoms with van der Waals surface area (Å²) in [6.07, 6.45) is 4.30. The number of halogens is 1. The van der Waals surface area contributed by atoms with E-state index in [1.54, 1.807) is 23.1 Å². The van der Waals surface area contributed by atoms with E-state index in [0.29, 0.717) is 6.54 Å². The summed E-state index contributed by atoms with van der Waals surface area (Å²) in [6, 6.07) is 12.0. The average molecular weight is 355 g/mol. The Morgan fingerprint density at radius 2 is 2.04 bits per heavy atom. The van der Waals surface area contributed by atoms with Gasteiger partial charge in [0.25, 0.3) is 0 Å². The van der Waals surface area contributed by atoms with E-state index in [0.717, 1.165) is 42.6 Å². The molecule has 0 saturated heterocycles. The molecule has 26 heavy (non-hydrogen) atoms. The second-order valence-electron chi connectivity index (χ2n) is 5.68. The van der Waals surface area contributed by atoms with E-state index in [9.17, 15) is 4.39 Å². The predicted molar refractivity (Wildman–Crippen MR) is 98.8 cm³/mol. The van der Waals surface area contributed by atoms with Crippen molar-refractivity contribution in [1.82, 2.24) is 20.4 Å². The molecule has 0 aliphatic rings. The zero-order valence-electron chi connectivity index (χ0n) is 14.7. The summed E-state index contributed by atoms with van der Waals surface area (Å²) in [4.78, 5) is 4.55. The minimum atomic E-state index is -0.262. The molecule has 0 atom stereocenters. The van der Waals surface area contributed by atoms with Gasteiger partial charge < -0.3 is 15.1 Å². The third-order valence-corrected chi connectivity index (χ3v) is 3.72. The molecule has 6 nitrogen and oxygen atoms in total. The molecule has 0 bridgehead atoms. The van der Waals surface area contributed by atoms with Crippen LogP contribution in [0.4, 0.5) is 4.39 Å². The molecule has 0 spiro atoms. The van der Waals surface area contributed by atoms with Crippen molar-refractivity contribution in [2.75, 3.05) is 13.1 Å². The highest BCUT2D eigenvalue weighted by Gasteiger charge is 2.03. The van der Waals surface area contributed by atoms with Gasteiger partial charge in [-0.25, -0.2) is 14.1 Å². The van der Waals surface area contributed by atoms with Gasteiger partial charge in [-0.2, -0.15) is 5.10 Å². The van der Waals surface area contributed by atoms with Crippen LogP contribution in [0, 0.1) is 5.82 Å². The molecule has 136 valence electrons. The molecule has 2 N–H and O–H groups in total. The Kier molecular flexibility index (Phi) is 6.03. The highest BCUT2D eigenvalue weighted by Crippen LogP contribution is 2.09. The van der Waals surface area contributed by atoms with E-state index in [1.807, 2.05) is 31.3 Å². The summed E-state index contributed by atoms with van der Waals surface area (Å²) in [7, 11) is 0.